The SMILES string of the molecule is CCCCCCCCCCCCCCOCC(NCCO)C(C)(C)O. The van der Waals surface area contributed by atoms with Crippen LogP contribution < -0.4 is 5.32 Å². The Morgan fingerprint density at radius 1 is 0.840 bits per heavy atom. The molecule has 0 heterocycles. The Morgan fingerprint density at radius 2 is 1.32 bits per heavy atom. The monoisotopic (exact) mass is 359 g/mol. The lowest BCUT2D eigenvalue weighted by atomic mass is 10.00. The summed E-state index contributed by atoms with van der Waals surface area (Å²) in [6, 6.07) is -0.142. The van der Waals surface area contributed by atoms with Crippen LogP contribution in [0.3, 0.4) is 0 Å². The lowest BCUT2D eigenvalue weighted by molar-refractivity contribution is -0.00802. The van der Waals surface area contributed by atoms with Crippen LogP contribution in [0.1, 0.15) is 97.8 Å². The van der Waals surface area contributed by atoms with Gasteiger partial charge in [0.25, 0.3) is 0 Å². The van der Waals surface area contributed by atoms with E-state index in [9.17, 15) is 5.11 Å². The number of ether oxygens (including phenoxy) is 1. The van der Waals surface area contributed by atoms with E-state index in [4.69, 9.17) is 9.84 Å². The zero-order chi connectivity index (χ0) is 18.8. The fourth-order valence-electron chi connectivity index (χ4n) is 3.00. The summed E-state index contributed by atoms with van der Waals surface area (Å²) in [4.78, 5) is 0. The molecule has 4 heteroatoms. The first kappa shape index (κ1) is 24.8. The summed E-state index contributed by atoms with van der Waals surface area (Å²) in [5.41, 5.74) is -0.842. The molecular formula is C21H45NO3. The second-order valence-corrected chi connectivity index (χ2v) is 7.85. The van der Waals surface area contributed by atoms with Crippen LogP contribution >= 0.6 is 0 Å². The highest BCUT2D eigenvalue weighted by molar-refractivity contribution is 4.83. The summed E-state index contributed by atoms with van der Waals surface area (Å²) >= 11 is 0. The van der Waals surface area contributed by atoms with Gasteiger partial charge in [0.15, 0.2) is 0 Å². The molecule has 0 bridgehead atoms. The minimum atomic E-state index is -0.842. The largest absolute Gasteiger partial charge is 0.395 e. The number of hydrogen-bond donors (Lipinski definition) is 3. The number of aliphatic hydroxyl groups excluding tert-OH is 1. The first-order chi connectivity index (χ1) is 12.0. The first-order valence-electron chi connectivity index (χ1n) is 10.7. The maximum absolute atomic E-state index is 10.1. The van der Waals surface area contributed by atoms with Crippen LogP contribution in [-0.4, -0.2) is 48.2 Å². The van der Waals surface area contributed by atoms with Crippen molar-refractivity contribution in [3.05, 3.63) is 0 Å². The summed E-state index contributed by atoms with van der Waals surface area (Å²) in [6.45, 7) is 7.61. The van der Waals surface area contributed by atoms with Gasteiger partial charge in [-0.3, -0.25) is 0 Å². The van der Waals surface area contributed by atoms with E-state index in [1.54, 1.807) is 13.8 Å². The normalized spacial score (nSPS) is 13.3. The summed E-state index contributed by atoms with van der Waals surface area (Å²) in [5.74, 6) is 0. The number of rotatable bonds is 19. The molecule has 3 N–H and O–H groups in total. The second-order valence-electron chi connectivity index (χ2n) is 7.85. The molecule has 0 fully saturated rings. The van der Waals surface area contributed by atoms with Crippen molar-refractivity contribution in [2.24, 2.45) is 0 Å². The highest BCUT2D eigenvalue weighted by atomic mass is 16.5. The Kier molecular flexibility index (Phi) is 17.2. The van der Waals surface area contributed by atoms with Crippen LogP contribution in [-0.2, 0) is 4.74 Å². The van der Waals surface area contributed by atoms with Gasteiger partial charge in [-0.2, -0.15) is 0 Å². The van der Waals surface area contributed by atoms with Crippen LogP contribution in [0.4, 0.5) is 0 Å². The van der Waals surface area contributed by atoms with Crippen molar-refractivity contribution in [2.75, 3.05) is 26.4 Å². The van der Waals surface area contributed by atoms with Crippen LogP contribution in [0.15, 0.2) is 0 Å². The topological polar surface area (TPSA) is 61.7 Å². The van der Waals surface area contributed by atoms with Gasteiger partial charge < -0.3 is 20.3 Å². The molecule has 0 aliphatic carbocycles. The van der Waals surface area contributed by atoms with Crippen LogP contribution in [0, 0.1) is 0 Å². The zero-order valence-electron chi connectivity index (χ0n) is 17.2. The molecule has 0 aromatic carbocycles. The van der Waals surface area contributed by atoms with Gasteiger partial charge in [-0.15, -0.1) is 0 Å². The molecule has 0 aliphatic heterocycles. The molecule has 0 aliphatic rings. The Balaban J connectivity index is 3.37. The third-order valence-corrected chi connectivity index (χ3v) is 4.78. The average Bonchev–Trinajstić information content (AvgIpc) is 2.56. The average molecular weight is 360 g/mol. The van der Waals surface area contributed by atoms with Gasteiger partial charge in [-0.25, -0.2) is 0 Å². The molecule has 1 unspecified atom stereocenters. The highest BCUT2D eigenvalue weighted by Crippen LogP contribution is 2.12. The molecule has 0 saturated carbocycles. The number of aliphatic hydroxyl groups is 2. The summed E-state index contributed by atoms with van der Waals surface area (Å²) in [5, 5.41) is 22.1. The standard InChI is InChI=1S/C21H45NO3/c1-4-5-6-7-8-9-10-11-12-13-14-15-18-25-19-20(21(2,3)24)22-16-17-23/h20,22-24H,4-19H2,1-3H3. The predicted molar refractivity (Wildman–Crippen MR) is 107 cm³/mol. The summed E-state index contributed by atoms with van der Waals surface area (Å²) in [7, 11) is 0. The molecular weight excluding hydrogens is 314 g/mol. The minimum absolute atomic E-state index is 0.0747. The Bertz CT molecular complexity index is 266. The molecule has 0 rings (SSSR count). The van der Waals surface area contributed by atoms with Crippen molar-refractivity contribution >= 4 is 0 Å². The lowest BCUT2D eigenvalue weighted by Crippen LogP contribution is -2.50. The van der Waals surface area contributed by atoms with Crippen LogP contribution in [0.5, 0.6) is 0 Å². The smallest absolute Gasteiger partial charge is 0.0766 e. The fraction of sp³-hybridized carbons (Fsp3) is 1.00. The van der Waals surface area contributed by atoms with Crippen molar-refractivity contribution in [1.82, 2.24) is 5.32 Å². The van der Waals surface area contributed by atoms with Crippen molar-refractivity contribution in [1.29, 1.82) is 0 Å². The van der Waals surface area contributed by atoms with E-state index in [0.717, 1.165) is 13.0 Å². The molecule has 152 valence electrons. The van der Waals surface area contributed by atoms with Gasteiger partial charge >= 0.3 is 0 Å². The molecule has 0 aromatic rings. The highest BCUT2D eigenvalue weighted by Gasteiger charge is 2.26. The van der Waals surface area contributed by atoms with E-state index >= 15 is 0 Å². The second kappa shape index (κ2) is 17.3. The number of unbranched alkanes of at least 4 members (excludes halogenated alkanes) is 11. The van der Waals surface area contributed by atoms with E-state index in [-0.39, 0.29) is 12.6 Å². The van der Waals surface area contributed by atoms with Crippen molar-refractivity contribution < 1.29 is 14.9 Å². The maximum atomic E-state index is 10.1. The molecule has 0 saturated heterocycles. The van der Waals surface area contributed by atoms with E-state index in [2.05, 4.69) is 12.2 Å². The summed E-state index contributed by atoms with van der Waals surface area (Å²) < 4.78 is 5.71. The Morgan fingerprint density at radius 3 is 1.76 bits per heavy atom. The van der Waals surface area contributed by atoms with E-state index in [1.807, 2.05) is 0 Å². The van der Waals surface area contributed by atoms with Crippen LogP contribution in [0.2, 0.25) is 0 Å². The molecule has 1 atom stereocenters. The fourth-order valence-corrected chi connectivity index (χ4v) is 3.00. The molecule has 0 spiro atoms. The van der Waals surface area contributed by atoms with Gasteiger partial charge in [0.2, 0.25) is 0 Å². The van der Waals surface area contributed by atoms with Crippen molar-refractivity contribution in [3.8, 4) is 0 Å². The molecule has 0 amide bonds. The van der Waals surface area contributed by atoms with Gasteiger partial charge in [0.05, 0.1) is 24.9 Å². The molecule has 0 aromatic heterocycles. The maximum Gasteiger partial charge on any atom is 0.0766 e. The van der Waals surface area contributed by atoms with E-state index in [0.29, 0.717) is 13.2 Å². The number of nitrogens with one attached hydrogen (secondary N) is 1. The van der Waals surface area contributed by atoms with Crippen LogP contribution in [0.25, 0.3) is 0 Å². The van der Waals surface area contributed by atoms with Gasteiger partial charge in [-0.05, 0) is 20.3 Å². The lowest BCUT2D eigenvalue weighted by Gasteiger charge is -2.30. The molecule has 25 heavy (non-hydrogen) atoms. The summed E-state index contributed by atoms with van der Waals surface area (Å²) in [6.07, 6.45) is 16.1. The molecule has 0 radical (unpaired) electrons. The van der Waals surface area contributed by atoms with Gasteiger partial charge in [0, 0.05) is 13.2 Å². The third kappa shape index (κ3) is 17.0. The van der Waals surface area contributed by atoms with Gasteiger partial charge in [-0.1, -0.05) is 77.6 Å². The van der Waals surface area contributed by atoms with Gasteiger partial charge in [0.1, 0.15) is 0 Å². The first-order valence-corrected chi connectivity index (χ1v) is 10.7. The quantitative estimate of drug-likeness (QED) is 0.299. The van der Waals surface area contributed by atoms with Crippen molar-refractivity contribution in [2.45, 2.75) is 109 Å². The Hall–Kier alpha value is -0.160. The van der Waals surface area contributed by atoms with Crippen molar-refractivity contribution in [3.63, 3.8) is 0 Å². The third-order valence-electron chi connectivity index (χ3n) is 4.78. The number of hydrogen-bond acceptors (Lipinski definition) is 4. The minimum Gasteiger partial charge on any atom is -0.395 e. The zero-order valence-corrected chi connectivity index (χ0v) is 17.2. The molecule has 4 nitrogen and oxygen atoms in total. The van der Waals surface area contributed by atoms with E-state index in [1.165, 1.54) is 70.6 Å². The van der Waals surface area contributed by atoms with E-state index < -0.39 is 5.60 Å². The Labute approximate surface area is 156 Å². The predicted octanol–water partition coefficient (Wildman–Crippen LogP) is 4.43.